The molecule has 1 heterocycles. The second-order valence-electron chi connectivity index (χ2n) is 7.70. The van der Waals surface area contributed by atoms with Gasteiger partial charge >= 0.3 is 0 Å². The number of rotatable bonds is 5. The van der Waals surface area contributed by atoms with Crippen LogP contribution < -0.4 is 5.32 Å². The van der Waals surface area contributed by atoms with Gasteiger partial charge in [-0.3, -0.25) is 4.79 Å². The van der Waals surface area contributed by atoms with Crippen molar-refractivity contribution in [1.82, 2.24) is 9.88 Å². The average molecular weight is 412 g/mol. The molecular weight excluding hydrogens is 389 g/mol. The van der Waals surface area contributed by atoms with Gasteiger partial charge in [0, 0.05) is 17.8 Å². The molecule has 0 atom stereocenters. The molecule has 0 saturated heterocycles. The van der Waals surface area contributed by atoms with Crippen molar-refractivity contribution in [2.45, 2.75) is 45.7 Å². The first-order chi connectivity index (χ1) is 14.5. The van der Waals surface area contributed by atoms with Gasteiger partial charge in [0.25, 0.3) is 5.91 Å². The van der Waals surface area contributed by atoms with E-state index in [2.05, 4.69) is 5.32 Å². The van der Waals surface area contributed by atoms with E-state index in [4.69, 9.17) is 0 Å². The number of carbonyl (C=O) groups is 1. The van der Waals surface area contributed by atoms with Gasteiger partial charge in [-0.25, -0.2) is 13.2 Å². The lowest BCUT2D eigenvalue weighted by molar-refractivity contribution is 0.0941. The quantitative estimate of drug-likeness (QED) is 0.624. The molecule has 3 nitrogen and oxygen atoms in total. The first kappa shape index (κ1) is 20.3. The summed E-state index contributed by atoms with van der Waals surface area (Å²) >= 11 is 0. The van der Waals surface area contributed by atoms with Crippen LogP contribution in [0.2, 0.25) is 0 Å². The van der Waals surface area contributed by atoms with E-state index in [9.17, 15) is 18.0 Å². The van der Waals surface area contributed by atoms with Gasteiger partial charge in [0.2, 0.25) is 0 Å². The van der Waals surface area contributed by atoms with Crippen molar-refractivity contribution >= 4 is 5.91 Å². The number of hydrogen-bond donors (Lipinski definition) is 1. The highest BCUT2D eigenvalue weighted by atomic mass is 19.1. The van der Waals surface area contributed by atoms with Gasteiger partial charge in [-0.15, -0.1) is 0 Å². The first-order valence-corrected chi connectivity index (χ1v) is 10.1. The number of amides is 1. The second kappa shape index (κ2) is 8.38. The number of aromatic nitrogens is 1. The van der Waals surface area contributed by atoms with E-state index >= 15 is 0 Å². The van der Waals surface area contributed by atoms with E-state index in [-0.39, 0.29) is 30.4 Å². The van der Waals surface area contributed by atoms with Gasteiger partial charge in [-0.1, -0.05) is 18.2 Å². The van der Waals surface area contributed by atoms with Crippen LogP contribution in [0.5, 0.6) is 0 Å². The molecule has 6 heteroatoms. The number of nitrogens with one attached hydrogen (secondary N) is 1. The maximum absolute atomic E-state index is 14.3. The normalized spacial score (nSPS) is 13.2. The minimum absolute atomic E-state index is 0.0337. The summed E-state index contributed by atoms with van der Waals surface area (Å²) in [5.41, 5.74) is 4.10. The molecule has 1 N–H and O–H groups in total. The Bertz CT molecular complexity index is 1070. The van der Waals surface area contributed by atoms with Crippen molar-refractivity contribution < 1.29 is 18.0 Å². The molecule has 0 spiro atoms. The zero-order valence-electron chi connectivity index (χ0n) is 16.8. The predicted octanol–water partition coefficient (Wildman–Crippen LogP) is 5.07. The number of nitrogens with zero attached hydrogens (tertiary/aromatic N) is 1. The second-order valence-corrected chi connectivity index (χ2v) is 7.70. The summed E-state index contributed by atoms with van der Waals surface area (Å²) in [6.07, 6.45) is 3.64. The Kier molecular flexibility index (Phi) is 5.66. The first-order valence-electron chi connectivity index (χ1n) is 10.1. The van der Waals surface area contributed by atoms with Crippen molar-refractivity contribution in [2.24, 2.45) is 0 Å². The molecular formula is C24H23F3N2O. The molecule has 1 aliphatic carbocycles. The molecule has 0 saturated carbocycles. The fraction of sp³-hybridized carbons (Fsp3) is 0.292. The van der Waals surface area contributed by atoms with E-state index in [1.54, 1.807) is 16.7 Å². The molecule has 2 aromatic carbocycles. The third-order valence-electron chi connectivity index (χ3n) is 5.80. The van der Waals surface area contributed by atoms with Crippen molar-refractivity contribution in [3.8, 4) is 0 Å². The Morgan fingerprint density at radius 2 is 1.67 bits per heavy atom. The molecule has 0 aliphatic heterocycles. The van der Waals surface area contributed by atoms with E-state index in [0.717, 1.165) is 48.1 Å². The van der Waals surface area contributed by atoms with Crippen molar-refractivity contribution in [2.75, 3.05) is 0 Å². The molecule has 0 bridgehead atoms. The highest BCUT2D eigenvalue weighted by Gasteiger charge is 2.27. The predicted molar refractivity (Wildman–Crippen MR) is 109 cm³/mol. The summed E-state index contributed by atoms with van der Waals surface area (Å²) in [5.74, 6) is -1.88. The minimum Gasteiger partial charge on any atom is -0.347 e. The van der Waals surface area contributed by atoms with Crippen molar-refractivity contribution in [3.63, 3.8) is 0 Å². The van der Waals surface area contributed by atoms with Crippen LogP contribution in [0.4, 0.5) is 13.2 Å². The molecule has 0 fully saturated rings. The molecule has 3 aromatic rings. The Labute approximate surface area is 173 Å². The van der Waals surface area contributed by atoms with Gasteiger partial charge < -0.3 is 9.88 Å². The lowest BCUT2D eigenvalue weighted by Crippen LogP contribution is -2.27. The number of fused-ring (bicyclic) bond motifs is 1. The Balaban J connectivity index is 1.68. The van der Waals surface area contributed by atoms with E-state index < -0.39 is 11.6 Å². The zero-order chi connectivity index (χ0) is 21.3. The van der Waals surface area contributed by atoms with Crippen molar-refractivity contribution in [1.29, 1.82) is 0 Å². The van der Waals surface area contributed by atoms with Crippen LogP contribution in [0.3, 0.4) is 0 Å². The van der Waals surface area contributed by atoms with E-state index in [1.165, 1.54) is 30.3 Å². The fourth-order valence-electron chi connectivity index (χ4n) is 4.25. The molecule has 0 unspecified atom stereocenters. The summed E-state index contributed by atoms with van der Waals surface area (Å²) in [5, 5.41) is 2.87. The molecule has 30 heavy (non-hydrogen) atoms. The van der Waals surface area contributed by atoms with Crippen LogP contribution in [0, 0.1) is 24.4 Å². The molecule has 1 aromatic heterocycles. The molecule has 0 radical (unpaired) electrons. The van der Waals surface area contributed by atoms with E-state index in [1.807, 2.05) is 6.92 Å². The number of benzene rings is 2. The van der Waals surface area contributed by atoms with Gasteiger partial charge in [0.15, 0.2) is 0 Å². The molecule has 4 rings (SSSR count). The Hall–Kier alpha value is -3.02. The minimum atomic E-state index is -0.622. The Morgan fingerprint density at radius 1 is 1.00 bits per heavy atom. The standard InChI is InChI=1S/C24H23F3N2O/c1-15-18-5-2-3-8-22(18)29(14-19-20(26)6-4-7-21(19)27)23(15)24(30)28-13-16-9-11-17(25)12-10-16/h4,6-7,9-12H,2-3,5,8,13-14H2,1H3,(H,28,30). The summed E-state index contributed by atoms with van der Waals surface area (Å²) in [6.45, 7) is 2.10. The van der Waals surface area contributed by atoms with Crippen LogP contribution >= 0.6 is 0 Å². The third-order valence-corrected chi connectivity index (χ3v) is 5.80. The molecule has 1 aliphatic rings. The average Bonchev–Trinajstić information content (AvgIpc) is 3.02. The Morgan fingerprint density at radius 3 is 2.37 bits per heavy atom. The number of halogens is 3. The molecule has 1 amide bonds. The van der Waals surface area contributed by atoms with Crippen LogP contribution in [0.15, 0.2) is 42.5 Å². The van der Waals surface area contributed by atoms with Crippen LogP contribution in [-0.4, -0.2) is 10.5 Å². The van der Waals surface area contributed by atoms with Gasteiger partial charge in [0.1, 0.15) is 23.1 Å². The van der Waals surface area contributed by atoms with Crippen LogP contribution in [0.1, 0.15) is 51.3 Å². The number of hydrogen-bond acceptors (Lipinski definition) is 1. The monoisotopic (exact) mass is 412 g/mol. The van der Waals surface area contributed by atoms with Crippen LogP contribution in [-0.2, 0) is 25.9 Å². The highest BCUT2D eigenvalue weighted by Crippen LogP contribution is 2.31. The SMILES string of the molecule is Cc1c2c(n(Cc3c(F)cccc3F)c1C(=O)NCc1ccc(F)cc1)CCCC2. The highest BCUT2D eigenvalue weighted by molar-refractivity contribution is 5.95. The van der Waals surface area contributed by atoms with Gasteiger partial charge in [0.05, 0.1) is 6.54 Å². The maximum Gasteiger partial charge on any atom is 0.268 e. The summed E-state index contributed by atoms with van der Waals surface area (Å²) < 4.78 is 43.5. The lowest BCUT2D eigenvalue weighted by atomic mass is 9.95. The fourth-order valence-corrected chi connectivity index (χ4v) is 4.25. The van der Waals surface area contributed by atoms with Gasteiger partial charge in [-0.05, 0) is 73.6 Å². The maximum atomic E-state index is 14.3. The third kappa shape index (κ3) is 3.86. The summed E-state index contributed by atoms with van der Waals surface area (Å²) in [6, 6.07) is 9.71. The van der Waals surface area contributed by atoms with Crippen LogP contribution in [0.25, 0.3) is 0 Å². The summed E-state index contributed by atoms with van der Waals surface area (Å²) in [7, 11) is 0. The zero-order valence-corrected chi connectivity index (χ0v) is 16.8. The number of carbonyl (C=O) groups excluding carboxylic acids is 1. The van der Waals surface area contributed by atoms with Gasteiger partial charge in [-0.2, -0.15) is 0 Å². The smallest absolute Gasteiger partial charge is 0.268 e. The topological polar surface area (TPSA) is 34.0 Å². The molecule has 156 valence electrons. The lowest BCUT2D eigenvalue weighted by Gasteiger charge is -2.18. The van der Waals surface area contributed by atoms with E-state index in [0.29, 0.717) is 5.69 Å². The largest absolute Gasteiger partial charge is 0.347 e. The van der Waals surface area contributed by atoms with Crippen molar-refractivity contribution in [3.05, 3.63) is 93.6 Å². The summed E-state index contributed by atoms with van der Waals surface area (Å²) in [4.78, 5) is 13.1.